The van der Waals surface area contributed by atoms with Gasteiger partial charge in [-0.3, -0.25) is 0 Å². The van der Waals surface area contributed by atoms with Crippen LogP contribution in [0.4, 0.5) is 0 Å². The van der Waals surface area contributed by atoms with E-state index in [9.17, 15) is 0 Å². The van der Waals surface area contributed by atoms with Crippen molar-refractivity contribution >= 4 is 28.8 Å². The van der Waals surface area contributed by atoms with Crippen molar-refractivity contribution in [3.05, 3.63) is 82.9 Å². The van der Waals surface area contributed by atoms with Gasteiger partial charge in [-0.1, -0.05) is 90.8 Å². The average molecular weight is 796 g/mol. The van der Waals surface area contributed by atoms with Crippen molar-refractivity contribution in [3.8, 4) is 0 Å². The predicted molar refractivity (Wildman–Crippen MR) is 169 cm³/mol. The Labute approximate surface area is 285 Å². The third-order valence-electron chi connectivity index (χ3n) is 9.17. The maximum absolute atomic E-state index is 6.54. The van der Waals surface area contributed by atoms with E-state index in [-0.39, 0.29) is 62.9 Å². The van der Waals surface area contributed by atoms with Gasteiger partial charge in [0, 0.05) is 0 Å². The van der Waals surface area contributed by atoms with Gasteiger partial charge in [0.2, 0.25) is 0 Å². The number of rotatable bonds is 10. The third-order valence-corrected chi connectivity index (χ3v) is 17.8. The molecule has 7 heteroatoms. The standard InChI is InChI=1S/2C17H25OSi.2ClH.Hf/c2*1-6-13-17(2,3)19(4,5)18-16-12-11-14-9-7-8-10-15(14)16;;;/h2*7-11,16H,6,13H2,1-5H3;2*1H;/q2*-1;;;+4/p-2/t2*16-;;;/m10.../s1. The van der Waals surface area contributed by atoms with Gasteiger partial charge in [0.25, 0.3) is 0 Å². The van der Waals surface area contributed by atoms with Crippen molar-refractivity contribution in [2.24, 2.45) is 0 Å². The second-order valence-electron chi connectivity index (χ2n) is 13.2. The number of benzene rings is 2. The number of halogens is 2. The Morgan fingerprint density at radius 2 is 0.951 bits per heavy atom. The zero-order chi connectivity index (χ0) is 28.2. The zero-order valence-corrected chi connectivity index (χ0v) is 33.9. The molecule has 2 aromatic carbocycles. The molecular formula is C34H50Cl2HfO2Si2. The quantitative estimate of drug-likeness (QED) is 0.256. The van der Waals surface area contributed by atoms with Crippen LogP contribution in [0.2, 0.25) is 36.3 Å². The zero-order valence-electron chi connectivity index (χ0n) is 26.8. The van der Waals surface area contributed by atoms with E-state index >= 15 is 0 Å². The smallest absolute Gasteiger partial charge is 1.00 e. The van der Waals surface area contributed by atoms with E-state index in [1.54, 1.807) is 0 Å². The van der Waals surface area contributed by atoms with Gasteiger partial charge in [-0.05, 0) is 61.3 Å². The third kappa shape index (κ3) is 9.86. The Morgan fingerprint density at radius 3 is 1.27 bits per heavy atom. The molecule has 0 bridgehead atoms. The van der Waals surface area contributed by atoms with E-state index < -0.39 is 16.6 Å². The molecule has 0 saturated carbocycles. The molecule has 2 aromatic rings. The SMILES string of the molecule is CCCC(C)(C)[Si](C)(C)O[C@@H]1[C-]=Cc2ccccc21.CCCC(C)(C)[Si](C)(C)O[C@H]1[C-]=Cc2ccccc21.[Cl-].[Cl-].[Hf+4]. The molecule has 0 spiro atoms. The summed E-state index contributed by atoms with van der Waals surface area (Å²) in [6.07, 6.45) is 15.9. The molecule has 2 nitrogen and oxygen atoms in total. The van der Waals surface area contributed by atoms with Gasteiger partial charge in [-0.2, -0.15) is 11.1 Å². The largest absolute Gasteiger partial charge is 4.00 e. The minimum absolute atomic E-state index is 0. The van der Waals surface area contributed by atoms with Crippen LogP contribution >= 0.6 is 0 Å². The van der Waals surface area contributed by atoms with Crippen LogP contribution < -0.4 is 24.8 Å². The molecule has 0 aliphatic heterocycles. The number of fused-ring (bicyclic) bond motifs is 2. The molecule has 2 aliphatic rings. The molecule has 0 heterocycles. The normalized spacial score (nSPS) is 17.3. The first-order valence-corrected chi connectivity index (χ1v) is 20.3. The van der Waals surface area contributed by atoms with Crippen molar-refractivity contribution in [1.82, 2.24) is 0 Å². The van der Waals surface area contributed by atoms with Crippen molar-refractivity contribution < 1.29 is 59.5 Å². The Balaban J connectivity index is 0.000000727. The monoisotopic (exact) mass is 796 g/mol. The molecule has 0 fully saturated rings. The van der Waals surface area contributed by atoms with Gasteiger partial charge in [-0.25, -0.2) is 24.3 Å². The molecule has 0 amide bonds. The van der Waals surface area contributed by atoms with Gasteiger partial charge in [0.05, 0.1) is 0 Å². The Bertz CT molecular complexity index is 1060. The van der Waals surface area contributed by atoms with E-state index in [0.717, 1.165) is 0 Å². The second kappa shape index (κ2) is 16.7. The van der Waals surface area contributed by atoms with Crippen LogP contribution in [0, 0.1) is 12.2 Å². The summed E-state index contributed by atoms with van der Waals surface area (Å²) in [5.74, 6) is 0. The van der Waals surface area contributed by atoms with Crippen molar-refractivity contribution in [2.75, 3.05) is 0 Å². The fraction of sp³-hybridized carbons (Fsp3) is 0.529. The molecule has 0 unspecified atom stereocenters. The van der Waals surface area contributed by atoms with Crippen LogP contribution in [0.15, 0.2) is 48.5 Å². The minimum atomic E-state index is -1.77. The van der Waals surface area contributed by atoms with Gasteiger partial charge >= 0.3 is 25.8 Å². The summed E-state index contributed by atoms with van der Waals surface area (Å²) in [5.41, 5.74) is 5.06. The van der Waals surface area contributed by atoms with Crippen LogP contribution in [0.3, 0.4) is 0 Å². The summed E-state index contributed by atoms with van der Waals surface area (Å²) in [4.78, 5) is 0. The molecule has 0 saturated heterocycles. The van der Waals surface area contributed by atoms with Gasteiger partial charge in [-0.15, -0.1) is 23.3 Å². The van der Waals surface area contributed by atoms with Crippen molar-refractivity contribution in [2.45, 2.75) is 116 Å². The van der Waals surface area contributed by atoms with Gasteiger partial charge < -0.3 is 33.7 Å². The molecule has 2 atom stereocenters. The summed E-state index contributed by atoms with van der Waals surface area (Å²) >= 11 is 0. The Hall–Kier alpha value is -0.276. The molecule has 2 aliphatic carbocycles. The fourth-order valence-corrected chi connectivity index (χ4v) is 9.14. The molecule has 0 N–H and O–H groups in total. The molecule has 0 radical (unpaired) electrons. The summed E-state index contributed by atoms with van der Waals surface area (Å²) in [5, 5.41) is 0.585. The van der Waals surface area contributed by atoms with Crippen LogP contribution in [0.1, 0.15) is 102 Å². The molecule has 4 rings (SSSR count). The first kappa shape index (κ1) is 40.7. The topological polar surface area (TPSA) is 18.5 Å². The first-order chi connectivity index (χ1) is 17.7. The van der Waals surface area contributed by atoms with E-state index in [2.05, 4.69) is 141 Å². The molecular weight excluding hydrogens is 746 g/mol. The van der Waals surface area contributed by atoms with E-state index in [0.29, 0.717) is 10.1 Å². The molecule has 41 heavy (non-hydrogen) atoms. The van der Waals surface area contributed by atoms with E-state index in [1.807, 2.05) is 0 Å². The first-order valence-electron chi connectivity index (χ1n) is 14.5. The van der Waals surface area contributed by atoms with E-state index in [1.165, 1.54) is 47.9 Å². The summed E-state index contributed by atoms with van der Waals surface area (Å²) < 4.78 is 13.1. The maximum Gasteiger partial charge on any atom is 4.00 e. The average Bonchev–Trinajstić information content (AvgIpc) is 3.43. The summed E-state index contributed by atoms with van der Waals surface area (Å²) in [7, 11) is -3.54. The summed E-state index contributed by atoms with van der Waals surface area (Å²) in [6.45, 7) is 23.3. The minimum Gasteiger partial charge on any atom is -1.00 e. The van der Waals surface area contributed by atoms with E-state index in [4.69, 9.17) is 8.85 Å². The Morgan fingerprint density at radius 1 is 0.634 bits per heavy atom. The fourth-order valence-electron chi connectivity index (χ4n) is 5.23. The maximum atomic E-state index is 6.54. The van der Waals surface area contributed by atoms with Crippen LogP contribution in [-0.4, -0.2) is 16.6 Å². The second-order valence-corrected chi connectivity index (χ2v) is 22.4. The Kier molecular flexibility index (Phi) is 16.6. The van der Waals surface area contributed by atoms with Crippen LogP contribution in [-0.2, 0) is 34.7 Å². The predicted octanol–water partition coefficient (Wildman–Crippen LogP) is 4.72. The summed E-state index contributed by atoms with van der Waals surface area (Å²) in [6, 6.07) is 16.9. The van der Waals surface area contributed by atoms with Crippen LogP contribution in [0.25, 0.3) is 12.2 Å². The molecule has 0 aromatic heterocycles. The number of hydrogen-bond acceptors (Lipinski definition) is 2. The number of hydrogen-bond donors (Lipinski definition) is 0. The van der Waals surface area contributed by atoms with Gasteiger partial charge in [0.15, 0.2) is 16.6 Å². The van der Waals surface area contributed by atoms with Crippen molar-refractivity contribution in [3.63, 3.8) is 0 Å². The van der Waals surface area contributed by atoms with Crippen molar-refractivity contribution in [1.29, 1.82) is 0 Å². The van der Waals surface area contributed by atoms with Gasteiger partial charge in [0.1, 0.15) is 0 Å². The molecule has 224 valence electrons. The van der Waals surface area contributed by atoms with Crippen LogP contribution in [0.5, 0.6) is 0 Å².